The molecule has 5 heteroatoms. The van der Waals surface area contributed by atoms with Crippen LogP contribution in [0.1, 0.15) is 63.4 Å². The molecule has 1 atom stereocenters. The van der Waals surface area contributed by atoms with Gasteiger partial charge in [0.25, 0.3) is 0 Å². The highest BCUT2D eigenvalue weighted by Crippen LogP contribution is 2.16. The van der Waals surface area contributed by atoms with Crippen molar-refractivity contribution in [2.45, 2.75) is 70.3 Å². The van der Waals surface area contributed by atoms with Gasteiger partial charge in [-0.3, -0.25) is 9.78 Å². The molecule has 2 fully saturated rings. The van der Waals surface area contributed by atoms with Crippen LogP contribution in [0.3, 0.4) is 0 Å². The number of carbonyl (C=O) groups excluding carboxylic acids is 1. The Morgan fingerprint density at radius 3 is 2.71 bits per heavy atom. The van der Waals surface area contributed by atoms with E-state index in [9.17, 15) is 4.79 Å². The van der Waals surface area contributed by atoms with Crippen molar-refractivity contribution in [1.29, 1.82) is 0 Å². The van der Waals surface area contributed by atoms with Crippen molar-refractivity contribution in [1.82, 2.24) is 20.5 Å². The number of aromatic nitrogens is 1. The number of pyridine rings is 1. The fourth-order valence-corrected chi connectivity index (χ4v) is 4.53. The Morgan fingerprint density at radius 2 is 1.96 bits per heavy atom. The van der Waals surface area contributed by atoms with Crippen molar-refractivity contribution >= 4 is 5.91 Å². The van der Waals surface area contributed by atoms with Gasteiger partial charge < -0.3 is 15.5 Å². The summed E-state index contributed by atoms with van der Waals surface area (Å²) in [6.45, 7) is 5.64. The van der Waals surface area contributed by atoms with Gasteiger partial charge in [-0.15, -0.1) is 0 Å². The monoisotopic (exact) mass is 386 g/mol. The average molecular weight is 387 g/mol. The lowest BCUT2D eigenvalue weighted by atomic mass is 9.95. The second-order valence-corrected chi connectivity index (χ2v) is 8.53. The highest BCUT2D eigenvalue weighted by atomic mass is 16.1. The summed E-state index contributed by atoms with van der Waals surface area (Å²) in [6.07, 6.45) is 15.3. The van der Waals surface area contributed by atoms with E-state index in [-0.39, 0.29) is 11.8 Å². The Labute approximate surface area is 170 Å². The third kappa shape index (κ3) is 7.51. The van der Waals surface area contributed by atoms with Gasteiger partial charge >= 0.3 is 0 Å². The Balaban J connectivity index is 1.44. The van der Waals surface area contributed by atoms with Crippen LogP contribution in [0.25, 0.3) is 0 Å². The Kier molecular flexibility index (Phi) is 9.24. The first-order valence-corrected chi connectivity index (χ1v) is 11.4. The minimum Gasteiger partial charge on any atom is -0.353 e. The molecule has 2 aliphatic heterocycles. The molecule has 3 heterocycles. The van der Waals surface area contributed by atoms with Gasteiger partial charge in [-0.1, -0.05) is 12.5 Å². The molecule has 0 saturated carbocycles. The standard InChI is InChI=1S/C23H38N4O/c28-23(21-11-14-24-15-12-21)26-22(9-4-7-20-8-5-13-25-19-20)10-6-18-27-16-2-1-3-17-27/h5,8,13,19,21-22,24H,1-4,6-7,9-12,14-18H2,(H,26,28). The van der Waals surface area contributed by atoms with Crippen molar-refractivity contribution in [2.24, 2.45) is 5.92 Å². The van der Waals surface area contributed by atoms with E-state index in [0.29, 0.717) is 6.04 Å². The Morgan fingerprint density at radius 1 is 1.18 bits per heavy atom. The zero-order valence-electron chi connectivity index (χ0n) is 17.4. The molecule has 2 N–H and O–H groups in total. The second kappa shape index (κ2) is 12.2. The summed E-state index contributed by atoms with van der Waals surface area (Å²) in [5, 5.41) is 6.76. The third-order valence-electron chi connectivity index (χ3n) is 6.27. The summed E-state index contributed by atoms with van der Waals surface area (Å²) in [4.78, 5) is 19.6. The van der Waals surface area contributed by atoms with Crippen LogP contribution in [0.4, 0.5) is 0 Å². The number of aryl methyl sites for hydroxylation is 1. The lowest BCUT2D eigenvalue weighted by Gasteiger charge is -2.28. The fraction of sp³-hybridized carbons (Fsp3) is 0.739. The van der Waals surface area contributed by atoms with Crippen molar-refractivity contribution in [3.05, 3.63) is 30.1 Å². The van der Waals surface area contributed by atoms with Crippen LogP contribution in [0.15, 0.2) is 24.5 Å². The number of nitrogens with zero attached hydrogens (tertiary/aromatic N) is 2. The molecule has 0 aromatic carbocycles. The summed E-state index contributed by atoms with van der Waals surface area (Å²) in [6, 6.07) is 4.46. The molecule has 0 spiro atoms. The number of hydrogen-bond acceptors (Lipinski definition) is 4. The molecule has 5 nitrogen and oxygen atoms in total. The Bertz CT molecular complexity index is 553. The first-order chi connectivity index (χ1) is 13.8. The first kappa shape index (κ1) is 21.3. The quantitative estimate of drug-likeness (QED) is 0.649. The van der Waals surface area contributed by atoms with Gasteiger partial charge in [0.2, 0.25) is 5.91 Å². The van der Waals surface area contributed by atoms with Crippen LogP contribution in [-0.4, -0.2) is 54.6 Å². The maximum atomic E-state index is 12.7. The van der Waals surface area contributed by atoms with E-state index in [1.54, 1.807) is 0 Å². The molecule has 1 unspecified atom stereocenters. The molecule has 156 valence electrons. The molecule has 2 saturated heterocycles. The van der Waals surface area contributed by atoms with Crippen molar-refractivity contribution in [3.63, 3.8) is 0 Å². The highest BCUT2D eigenvalue weighted by molar-refractivity contribution is 5.79. The topological polar surface area (TPSA) is 57.3 Å². The molecular weight excluding hydrogens is 348 g/mol. The van der Waals surface area contributed by atoms with Gasteiger partial charge in [0.15, 0.2) is 0 Å². The molecule has 1 aromatic heterocycles. The van der Waals surface area contributed by atoms with Crippen LogP contribution in [0.2, 0.25) is 0 Å². The zero-order chi connectivity index (χ0) is 19.4. The fourth-order valence-electron chi connectivity index (χ4n) is 4.53. The van der Waals surface area contributed by atoms with Gasteiger partial charge in [-0.25, -0.2) is 0 Å². The minimum absolute atomic E-state index is 0.198. The van der Waals surface area contributed by atoms with Gasteiger partial charge in [-0.05, 0) is 102 Å². The SMILES string of the molecule is O=C(NC(CCCc1cccnc1)CCCN1CCCCC1)C1CCNCC1. The van der Waals surface area contributed by atoms with E-state index < -0.39 is 0 Å². The molecule has 0 radical (unpaired) electrons. The third-order valence-corrected chi connectivity index (χ3v) is 6.27. The maximum Gasteiger partial charge on any atom is 0.223 e. The molecular formula is C23H38N4O. The maximum absolute atomic E-state index is 12.7. The van der Waals surface area contributed by atoms with Gasteiger partial charge in [-0.2, -0.15) is 0 Å². The number of hydrogen-bond donors (Lipinski definition) is 2. The van der Waals surface area contributed by atoms with Crippen LogP contribution >= 0.6 is 0 Å². The summed E-state index contributed by atoms with van der Waals surface area (Å²) < 4.78 is 0. The van der Waals surface area contributed by atoms with Gasteiger partial charge in [0.05, 0.1) is 0 Å². The van der Waals surface area contributed by atoms with Crippen LogP contribution < -0.4 is 10.6 Å². The first-order valence-electron chi connectivity index (χ1n) is 11.4. The highest BCUT2D eigenvalue weighted by Gasteiger charge is 2.23. The van der Waals surface area contributed by atoms with Crippen molar-refractivity contribution in [3.8, 4) is 0 Å². The zero-order valence-corrected chi connectivity index (χ0v) is 17.4. The molecule has 1 amide bonds. The van der Waals surface area contributed by atoms with Gasteiger partial charge in [0.1, 0.15) is 0 Å². The molecule has 2 aliphatic rings. The van der Waals surface area contributed by atoms with E-state index in [4.69, 9.17) is 0 Å². The number of nitrogens with one attached hydrogen (secondary N) is 2. The van der Waals surface area contributed by atoms with E-state index >= 15 is 0 Å². The number of carbonyl (C=O) groups is 1. The molecule has 0 aliphatic carbocycles. The van der Waals surface area contributed by atoms with Crippen LogP contribution in [-0.2, 0) is 11.2 Å². The molecule has 1 aromatic rings. The van der Waals surface area contributed by atoms with E-state index in [1.807, 2.05) is 18.5 Å². The normalized spacial score (nSPS) is 20.0. The van der Waals surface area contributed by atoms with Gasteiger partial charge in [0, 0.05) is 24.4 Å². The van der Waals surface area contributed by atoms with Crippen molar-refractivity contribution in [2.75, 3.05) is 32.7 Å². The summed E-state index contributed by atoms with van der Waals surface area (Å²) in [5.41, 5.74) is 1.29. The van der Waals surface area contributed by atoms with Crippen LogP contribution in [0, 0.1) is 5.92 Å². The van der Waals surface area contributed by atoms with Crippen LogP contribution in [0.5, 0.6) is 0 Å². The molecule has 3 rings (SSSR count). The Hall–Kier alpha value is -1.46. The molecule has 28 heavy (non-hydrogen) atoms. The lowest BCUT2D eigenvalue weighted by molar-refractivity contribution is -0.126. The summed E-state index contributed by atoms with van der Waals surface area (Å²) >= 11 is 0. The van der Waals surface area contributed by atoms with Crippen molar-refractivity contribution < 1.29 is 4.79 Å². The summed E-state index contributed by atoms with van der Waals surface area (Å²) in [7, 11) is 0. The molecule has 0 bridgehead atoms. The average Bonchev–Trinajstić information content (AvgIpc) is 2.75. The summed E-state index contributed by atoms with van der Waals surface area (Å²) in [5.74, 6) is 0.481. The largest absolute Gasteiger partial charge is 0.353 e. The smallest absolute Gasteiger partial charge is 0.223 e. The number of piperidine rings is 2. The number of likely N-dealkylation sites (tertiary alicyclic amines) is 1. The van der Waals surface area contributed by atoms with E-state index in [1.165, 1.54) is 50.9 Å². The predicted octanol–water partition coefficient (Wildman–Crippen LogP) is 3.15. The predicted molar refractivity (Wildman–Crippen MR) is 114 cm³/mol. The second-order valence-electron chi connectivity index (χ2n) is 8.53. The van der Waals surface area contributed by atoms with E-state index in [2.05, 4.69) is 26.6 Å². The minimum atomic E-state index is 0.198. The van der Waals surface area contributed by atoms with E-state index in [0.717, 1.165) is 51.6 Å². The number of amides is 1. The lowest BCUT2D eigenvalue weighted by Crippen LogP contribution is -2.43. The number of rotatable bonds is 10.